The maximum atomic E-state index is 5.57. The third kappa shape index (κ3) is 2.02. The molecule has 0 aromatic carbocycles. The number of terminal acetylenes is 1. The summed E-state index contributed by atoms with van der Waals surface area (Å²) in [6.07, 6.45) is 8.46. The maximum Gasteiger partial charge on any atom is 0.0131 e. The van der Waals surface area contributed by atoms with Gasteiger partial charge < -0.3 is 0 Å². The molecule has 0 amide bonds. The number of rotatable bonds is 1. The molecule has 2 heteroatoms. The van der Waals surface area contributed by atoms with Gasteiger partial charge in [0.25, 0.3) is 0 Å². The predicted molar refractivity (Wildman–Crippen MR) is 41.9 cm³/mol. The molecule has 2 nitrogen and oxygen atoms in total. The smallest absolute Gasteiger partial charge is 0.0131 e. The minimum atomic E-state index is 0.727. The second-order valence-corrected chi connectivity index (χ2v) is 2.89. The van der Waals surface area contributed by atoms with Crippen LogP contribution in [0.25, 0.3) is 0 Å². The third-order valence-electron chi connectivity index (χ3n) is 2.06. The Bertz CT molecular complexity index is 129. The Morgan fingerprint density at radius 2 is 2.10 bits per heavy atom. The average Bonchev–Trinajstić information content (AvgIpc) is 1.95. The Hall–Kier alpha value is -0.520. The van der Waals surface area contributed by atoms with Crippen LogP contribution >= 0.6 is 0 Å². The zero-order valence-corrected chi connectivity index (χ0v) is 6.21. The first-order chi connectivity index (χ1) is 4.83. The van der Waals surface area contributed by atoms with Crippen molar-refractivity contribution in [1.29, 1.82) is 0 Å². The van der Waals surface area contributed by atoms with E-state index in [0.717, 1.165) is 25.4 Å². The van der Waals surface area contributed by atoms with E-state index >= 15 is 0 Å². The summed E-state index contributed by atoms with van der Waals surface area (Å²) >= 11 is 0. The first kappa shape index (κ1) is 7.59. The molecule has 0 aliphatic carbocycles. The summed E-state index contributed by atoms with van der Waals surface area (Å²) in [6, 6.07) is 0. The van der Waals surface area contributed by atoms with E-state index in [1.165, 1.54) is 12.8 Å². The lowest BCUT2D eigenvalue weighted by Crippen LogP contribution is -2.38. The van der Waals surface area contributed by atoms with Crippen LogP contribution in [0.4, 0.5) is 0 Å². The number of nitrogens with zero attached hydrogens (tertiary/aromatic N) is 1. The van der Waals surface area contributed by atoms with E-state index < -0.39 is 0 Å². The molecule has 1 aliphatic heterocycles. The predicted octanol–water partition coefficient (Wildman–Crippen LogP) is 0.595. The molecular weight excluding hydrogens is 124 g/mol. The standard InChI is InChI=1S/C8H14N2/c1-2-3-8-4-6-10(9)7-5-8/h1,8H,3-7,9H2. The molecule has 0 saturated carbocycles. The summed E-state index contributed by atoms with van der Waals surface area (Å²) in [7, 11) is 0. The Morgan fingerprint density at radius 1 is 1.50 bits per heavy atom. The van der Waals surface area contributed by atoms with Gasteiger partial charge in [-0.3, -0.25) is 5.84 Å². The van der Waals surface area contributed by atoms with Crippen LogP contribution in [-0.2, 0) is 0 Å². The fourth-order valence-electron chi connectivity index (χ4n) is 1.32. The molecule has 0 unspecified atom stereocenters. The van der Waals surface area contributed by atoms with Crippen LogP contribution in [-0.4, -0.2) is 18.1 Å². The summed E-state index contributed by atoms with van der Waals surface area (Å²) in [6.45, 7) is 2.01. The molecule has 1 fully saturated rings. The van der Waals surface area contributed by atoms with Crippen molar-refractivity contribution < 1.29 is 0 Å². The van der Waals surface area contributed by atoms with Crippen LogP contribution in [0.1, 0.15) is 19.3 Å². The summed E-state index contributed by atoms with van der Waals surface area (Å²) in [5.41, 5.74) is 0. The van der Waals surface area contributed by atoms with Crippen LogP contribution in [0, 0.1) is 18.3 Å². The molecular formula is C8H14N2. The van der Waals surface area contributed by atoms with E-state index in [1.54, 1.807) is 0 Å². The van der Waals surface area contributed by atoms with Crippen LogP contribution < -0.4 is 5.84 Å². The normalized spacial score (nSPS) is 22.4. The maximum absolute atomic E-state index is 5.57. The van der Waals surface area contributed by atoms with Crippen LogP contribution in [0.15, 0.2) is 0 Å². The van der Waals surface area contributed by atoms with Gasteiger partial charge >= 0.3 is 0 Å². The number of hydrazine groups is 1. The molecule has 0 bridgehead atoms. The van der Waals surface area contributed by atoms with E-state index in [0.29, 0.717) is 0 Å². The van der Waals surface area contributed by atoms with Crippen molar-refractivity contribution in [3.63, 3.8) is 0 Å². The average molecular weight is 138 g/mol. The van der Waals surface area contributed by atoms with Gasteiger partial charge in [0.15, 0.2) is 0 Å². The topological polar surface area (TPSA) is 29.3 Å². The Balaban J connectivity index is 2.21. The molecule has 0 atom stereocenters. The second-order valence-electron chi connectivity index (χ2n) is 2.89. The van der Waals surface area contributed by atoms with Crippen LogP contribution in [0.2, 0.25) is 0 Å². The highest BCUT2D eigenvalue weighted by molar-refractivity contribution is 4.88. The first-order valence-electron chi connectivity index (χ1n) is 3.76. The van der Waals surface area contributed by atoms with Crippen molar-refractivity contribution in [2.24, 2.45) is 11.8 Å². The quantitative estimate of drug-likeness (QED) is 0.424. The molecule has 0 aromatic heterocycles. The Labute approximate surface area is 62.4 Å². The number of piperidine rings is 1. The summed E-state index contributed by atoms with van der Waals surface area (Å²) in [5, 5.41) is 1.87. The van der Waals surface area contributed by atoms with Gasteiger partial charge in [-0.05, 0) is 18.8 Å². The van der Waals surface area contributed by atoms with E-state index in [4.69, 9.17) is 12.3 Å². The highest BCUT2D eigenvalue weighted by atomic mass is 15.4. The van der Waals surface area contributed by atoms with E-state index in [9.17, 15) is 0 Å². The van der Waals surface area contributed by atoms with Crippen molar-refractivity contribution in [2.45, 2.75) is 19.3 Å². The lowest BCUT2D eigenvalue weighted by molar-refractivity contribution is 0.190. The van der Waals surface area contributed by atoms with Gasteiger partial charge in [-0.1, -0.05) is 0 Å². The SMILES string of the molecule is C#CCC1CCN(N)CC1. The fourth-order valence-corrected chi connectivity index (χ4v) is 1.32. The zero-order chi connectivity index (χ0) is 7.40. The van der Waals surface area contributed by atoms with Gasteiger partial charge in [0.1, 0.15) is 0 Å². The summed E-state index contributed by atoms with van der Waals surface area (Å²) in [4.78, 5) is 0. The van der Waals surface area contributed by atoms with Crippen LogP contribution in [0.3, 0.4) is 0 Å². The van der Waals surface area contributed by atoms with Crippen LogP contribution in [0.5, 0.6) is 0 Å². The zero-order valence-electron chi connectivity index (χ0n) is 6.21. The van der Waals surface area contributed by atoms with Crippen molar-refractivity contribution in [3.8, 4) is 12.3 Å². The van der Waals surface area contributed by atoms with Gasteiger partial charge in [-0.2, -0.15) is 0 Å². The first-order valence-corrected chi connectivity index (χ1v) is 3.76. The highest BCUT2D eigenvalue weighted by Gasteiger charge is 2.15. The monoisotopic (exact) mass is 138 g/mol. The fraction of sp³-hybridized carbons (Fsp3) is 0.750. The van der Waals surface area contributed by atoms with E-state index in [2.05, 4.69) is 5.92 Å². The minimum Gasteiger partial charge on any atom is -0.269 e. The lowest BCUT2D eigenvalue weighted by atomic mass is 9.95. The number of nitrogens with two attached hydrogens (primary N) is 1. The van der Waals surface area contributed by atoms with Crippen molar-refractivity contribution in [3.05, 3.63) is 0 Å². The molecule has 2 N–H and O–H groups in total. The van der Waals surface area contributed by atoms with Crippen molar-refractivity contribution in [2.75, 3.05) is 13.1 Å². The van der Waals surface area contributed by atoms with Crippen molar-refractivity contribution in [1.82, 2.24) is 5.01 Å². The van der Waals surface area contributed by atoms with E-state index in [1.807, 2.05) is 5.01 Å². The minimum absolute atomic E-state index is 0.727. The van der Waals surface area contributed by atoms with Gasteiger partial charge in [0.2, 0.25) is 0 Å². The molecule has 0 aromatic rings. The molecule has 10 heavy (non-hydrogen) atoms. The van der Waals surface area contributed by atoms with Crippen molar-refractivity contribution >= 4 is 0 Å². The van der Waals surface area contributed by atoms with Gasteiger partial charge in [-0.25, -0.2) is 5.01 Å². The van der Waals surface area contributed by atoms with Gasteiger partial charge in [-0.15, -0.1) is 12.3 Å². The molecule has 1 aliphatic rings. The van der Waals surface area contributed by atoms with Gasteiger partial charge in [0, 0.05) is 19.5 Å². The number of hydrogen-bond acceptors (Lipinski definition) is 2. The molecule has 1 rings (SSSR count). The highest BCUT2D eigenvalue weighted by Crippen LogP contribution is 2.17. The molecule has 56 valence electrons. The Morgan fingerprint density at radius 3 is 2.60 bits per heavy atom. The lowest BCUT2D eigenvalue weighted by Gasteiger charge is -2.27. The summed E-state index contributed by atoms with van der Waals surface area (Å²) < 4.78 is 0. The molecule has 1 heterocycles. The summed E-state index contributed by atoms with van der Waals surface area (Å²) in [5.74, 6) is 8.99. The molecule has 1 saturated heterocycles. The third-order valence-corrected chi connectivity index (χ3v) is 2.06. The molecule has 0 radical (unpaired) electrons. The second kappa shape index (κ2) is 3.60. The van der Waals surface area contributed by atoms with Gasteiger partial charge in [0.05, 0.1) is 0 Å². The number of hydrogen-bond donors (Lipinski definition) is 1. The Kier molecular flexibility index (Phi) is 2.73. The largest absolute Gasteiger partial charge is 0.269 e. The molecule has 0 spiro atoms. The van der Waals surface area contributed by atoms with E-state index in [-0.39, 0.29) is 0 Å².